The van der Waals surface area contributed by atoms with E-state index in [4.69, 9.17) is 5.73 Å². The summed E-state index contributed by atoms with van der Waals surface area (Å²) in [5.74, 6) is 2.88. The molecule has 4 atom stereocenters. The van der Waals surface area contributed by atoms with Crippen LogP contribution < -0.4 is 5.73 Å². The third-order valence-electron chi connectivity index (χ3n) is 5.55. The summed E-state index contributed by atoms with van der Waals surface area (Å²) in [7, 11) is 0. The third-order valence-corrected chi connectivity index (χ3v) is 6.67. The quantitative estimate of drug-likeness (QED) is 0.860. The molecule has 0 radical (unpaired) electrons. The van der Waals surface area contributed by atoms with Crippen molar-refractivity contribution in [3.63, 3.8) is 0 Å². The molecule has 1 saturated heterocycles. The normalized spacial score (nSPS) is 37.5. The second-order valence-electron chi connectivity index (χ2n) is 6.66. The average Bonchev–Trinajstić information content (AvgIpc) is 2.92. The smallest absolute Gasteiger partial charge is 0.0367 e. The van der Waals surface area contributed by atoms with Crippen molar-refractivity contribution in [2.45, 2.75) is 42.7 Å². The minimum absolute atomic E-state index is 0.451. The first-order chi connectivity index (χ1) is 9.83. The molecule has 4 rings (SSSR count). The number of hydrogen-bond donors (Lipinski definition) is 1. The maximum atomic E-state index is 6.38. The number of likely N-dealkylation sites (tertiary alicyclic amines) is 1. The van der Waals surface area contributed by atoms with Crippen LogP contribution in [0.1, 0.15) is 37.3 Å². The fourth-order valence-corrected chi connectivity index (χ4v) is 5.61. The molecule has 2 fully saturated rings. The van der Waals surface area contributed by atoms with Gasteiger partial charge in [0, 0.05) is 30.1 Å². The Morgan fingerprint density at radius 2 is 2.00 bits per heavy atom. The van der Waals surface area contributed by atoms with Crippen LogP contribution in [0.3, 0.4) is 0 Å². The van der Waals surface area contributed by atoms with Crippen molar-refractivity contribution >= 4 is 11.8 Å². The lowest BCUT2D eigenvalue weighted by molar-refractivity contribution is 0.222. The lowest BCUT2D eigenvalue weighted by Crippen LogP contribution is -2.38. The molecule has 3 aliphatic rings. The van der Waals surface area contributed by atoms with Crippen molar-refractivity contribution in [3.05, 3.63) is 29.8 Å². The number of benzene rings is 1. The standard InChI is InChI=1S/C17H24N2S/c18-15-6-3-4-12-10-19(11-14(12)15)16-8-9-20-17-7-2-1-5-13(16)17/h1-2,5,7,12,14-16H,3-4,6,8-11,18H2. The van der Waals surface area contributed by atoms with Gasteiger partial charge in [0.15, 0.2) is 0 Å². The van der Waals surface area contributed by atoms with E-state index in [1.807, 2.05) is 11.8 Å². The Bertz CT molecular complexity index is 490. The molecule has 2 nitrogen and oxygen atoms in total. The first kappa shape index (κ1) is 13.2. The summed E-state index contributed by atoms with van der Waals surface area (Å²) >= 11 is 2.03. The first-order valence-corrected chi connectivity index (χ1v) is 9.03. The molecule has 2 aliphatic heterocycles. The highest BCUT2D eigenvalue weighted by atomic mass is 32.2. The van der Waals surface area contributed by atoms with E-state index in [2.05, 4.69) is 29.2 Å². The summed E-state index contributed by atoms with van der Waals surface area (Å²) < 4.78 is 0. The molecule has 2 N–H and O–H groups in total. The monoisotopic (exact) mass is 288 g/mol. The van der Waals surface area contributed by atoms with E-state index >= 15 is 0 Å². The van der Waals surface area contributed by atoms with Gasteiger partial charge in [-0.1, -0.05) is 24.6 Å². The van der Waals surface area contributed by atoms with E-state index < -0.39 is 0 Å². The van der Waals surface area contributed by atoms with Crippen molar-refractivity contribution in [2.75, 3.05) is 18.8 Å². The number of nitrogens with two attached hydrogens (primary N) is 1. The molecule has 1 aliphatic carbocycles. The van der Waals surface area contributed by atoms with Gasteiger partial charge in [-0.25, -0.2) is 0 Å². The highest BCUT2D eigenvalue weighted by Crippen LogP contribution is 2.44. The van der Waals surface area contributed by atoms with E-state index in [1.165, 1.54) is 49.4 Å². The fourth-order valence-electron chi connectivity index (χ4n) is 4.51. The third kappa shape index (κ3) is 2.20. The Morgan fingerprint density at radius 3 is 2.90 bits per heavy atom. The molecule has 1 saturated carbocycles. The number of fused-ring (bicyclic) bond motifs is 2. The van der Waals surface area contributed by atoms with Crippen molar-refractivity contribution < 1.29 is 0 Å². The maximum absolute atomic E-state index is 6.38. The zero-order chi connectivity index (χ0) is 13.5. The Balaban J connectivity index is 1.58. The van der Waals surface area contributed by atoms with Gasteiger partial charge in [0.05, 0.1) is 0 Å². The Morgan fingerprint density at radius 1 is 1.10 bits per heavy atom. The molecule has 1 aromatic rings. The Hall–Kier alpha value is -0.510. The highest BCUT2D eigenvalue weighted by molar-refractivity contribution is 7.99. The zero-order valence-electron chi connectivity index (χ0n) is 12.0. The summed E-state index contributed by atoms with van der Waals surface area (Å²) in [5.41, 5.74) is 7.94. The van der Waals surface area contributed by atoms with E-state index in [1.54, 1.807) is 5.56 Å². The van der Waals surface area contributed by atoms with Crippen LogP contribution in [0.25, 0.3) is 0 Å². The van der Waals surface area contributed by atoms with Gasteiger partial charge in [-0.2, -0.15) is 0 Å². The first-order valence-electron chi connectivity index (χ1n) is 8.04. The molecule has 0 aromatic heterocycles. The summed E-state index contributed by atoms with van der Waals surface area (Å²) in [6, 6.07) is 10.1. The molecule has 20 heavy (non-hydrogen) atoms. The Labute approximate surface area is 126 Å². The van der Waals surface area contributed by atoms with Gasteiger partial charge in [-0.05, 0) is 48.5 Å². The molecule has 0 bridgehead atoms. The van der Waals surface area contributed by atoms with Gasteiger partial charge in [0.1, 0.15) is 0 Å². The predicted octanol–water partition coefficient (Wildman–Crippen LogP) is 3.28. The van der Waals surface area contributed by atoms with E-state index in [-0.39, 0.29) is 0 Å². The number of thioether (sulfide) groups is 1. The lowest BCUT2D eigenvalue weighted by atomic mass is 9.78. The van der Waals surface area contributed by atoms with Crippen LogP contribution in [0.5, 0.6) is 0 Å². The van der Waals surface area contributed by atoms with Gasteiger partial charge in [0.2, 0.25) is 0 Å². The van der Waals surface area contributed by atoms with Gasteiger partial charge in [-0.15, -0.1) is 11.8 Å². The summed E-state index contributed by atoms with van der Waals surface area (Å²) in [5, 5.41) is 0. The van der Waals surface area contributed by atoms with E-state index in [9.17, 15) is 0 Å². The largest absolute Gasteiger partial charge is 0.327 e. The van der Waals surface area contributed by atoms with Crippen LogP contribution in [0.4, 0.5) is 0 Å². The highest BCUT2D eigenvalue weighted by Gasteiger charge is 2.41. The van der Waals surface area contributed by atoms with Crippen molar-refractivity contribution in [2.24, 2.45) is 17.6 Å². The van der Waals surface area contributed by atoms with Crippen molar-refractivity contribution in [3.8, 4) is 0 Å². The minimum Gasteiger partial charge on any atom is -0.327 e. The topological polar surface area (TPSA) is 29.3 Å². The van der Waals surface area contributed by atoms with Crippen LogP contribution in [0.2, 0.25) is 0 Å². The Kier molecular flexibility index (Phi) is 3.53. The molecule has 3 heteroatoms. The zero-order valence-corrected chi connectivity index (χ0v) is 12.8. The number of nitrogens with zero attached hydrogens (tertiary/aromatic N) is 1. The SMILES string of the molecule is NC1CCCC2CN(C3CCSc4ccccc43)CC12. The molecule has 1 aromatic carbocycles. The van der Waals surface area contributed by atoms with Gasteiger partial charge < -0.3 is 5.73 Å². The maximum Gasteiger partial charge on any atom is 0.0367 e. The molecule has 4 unspecified atom stereocenters. The van der Waals surface area contributed by atoms with Crippen molar-refractivity contribution in [1.29, 1.82) is 0 Å². The van der Waals surface area contributed by atoms with Crippen LogP contribution in [0, 0.1) is 11.8 Å². The second kappa shape index (κ2) is 5.36. The van der Waals surface area contributed by atoms with Crippen LogP contribution in [0.15, 0.2) is 29.2 Å². The van der Waals surface area contributed by atoms with Crippen molar-refractivity contribution in [1.82, 2.24) is 4.90 Å². The second-order valence-corrected chi connectivity index (χ2v) is 7.80. The van der Waals surface area contributed by atoms with Crippen LogP contribution in [-0.4, -0.2) is 29.8 Å². The predicted molar refractivity (Wildman–Crippen MR) is 84.9 cm³/mol. The lowest BCUT2D eigenvalue weighted by Gasteiger charge is -2.33. The van der Waals surface area contributed by atoms with Gasteiger partial charge in [-0.3, -0.25) is 4.90 Å². The molecular weight excluding hydrogens is 264 g/mol. The number of rotatable bonds is 1. The summed E-state index contributed by atoms with van der Waals surface area (Å²) in [4.78, 5) is 4.25. The van der Waals surface area contributed by atoms with Gasteiger partial charge in [0.25, 0.3) is 0 Å². The van der Waals surface area contributed by atoms with E-state index in [0.29, 0.717) is 12.1 Å². The average molecular weight is 288 g/mol. The molecule has 0 amide bonds. The molecule has 2 heterocycles. The van der Waals surface area contributed by atoms with Gasteiger partial charge >= 0.3 is 0 Å². The van der Waals surface area contributed by atoms with E-state index in [0.717, 1.165) is 11.8 Å². The number of hydrogen-bond acceptors (Lipinski definition) is 3. The summed E-state index contributed by atoms with van der Waals surface area (Å²) in [6.45, 7) is 2.51. The molecule has 108 valence electrons. The molecule has 0 spiro atoms. The summed E-state index contributed by atoms with van der Waals surface area (Å²) in [6.07, 6.45) is 5.29. The fraction of sp³-hybridized carbons (Fsp3) is 0.647. The molecular formula is C17H24N2S. The van der Waals surface area contributed by atoms with Crippen LogP contribution >= 0.6 is 11.8 Å². The van der Waals surface area contributed by atoms with Crippen LogP contribution in [-0.2, 0) is 0 Å². The minimum atomic E-state index is 0.451.